The lowest BCUT2D eigenvalue weighted by Gasteiger charge is -2.39. The summed E-state index contributed by atoms with van der Waals surface area (Å²) in [5.74, 6) is -1.08. The molecule has 0 unspecified atom stereocenters. The number of hydrogen-bond donors (Lipinski definition) is 4. The zero-order valence-electron chi connectivity index (χ0n) is 28.1. The van der Waals surface area contributed by atoms with Crippen LogP contribution >= 0.6 is 0 Å². The Hall–Kier alpha value is -4.38. The van der Waals surface area contributed by atoms with E-state index in [4.69, 9.17) is 14.6 Å². The number of aliphatic hydroxyl groups is 2. The van der Waals surface area contributed by atoms with Crippen LogP contribution in [-0.4, -0.2) is 57.8 Å². The number of amides is 1. The maximum atomic E-state index is 12.2. The molecule has 9 nitrogen and oxygen atoms in total. The molecule has 4 aromatic carbocycles. The SMILES string of the molecule is C[C@@H]([C@H](O)c1ccccc1)N(C)C[C@H]1C[C@@H](c2ccc(CO)cc2)O[C@@H](c2cccc(-c3cccc(CNC(=O)CCCC(=O)O)c3)c2)O1. The fourth-order valence-corrected chi connectivity index (χ4v) is 6.11. The van der Waals surface area contributed by atoms with Gasteiger partial charge in [0.1, 0.15) is 0 Å². The molecule has 0 spiro atoms. The minimum absolute atomic E-state index is 0.0280. The Balaban J connectivity index is 1.32. The fourth-order valence-electron chi connectivity index (χ4n) is 6.11. The second-order valence-electron chi connectivity index (χ2n) is 12.7. The molecule has 1 fully saturated rings. The van der Waals surface area contributed by atoms with E-state index in [0.29, 0.717) is 25.9 Å². The van der Waals surface area contributed by atoms with Crippen molar-refractivity contribution in [3.8, 4) is 11.1 Å². The van der Waals surface area contributed by atoms with E-state index in [9.17, 15) is 19.8 Å². The molecule has 49 heavy (non-hydrogen) atoms. The van der Waals surface area contributed by atoms with Crippen LogP contribution in [0.15, 0.2) is 103 Å². The summed E-state index contributed by atoms with van der Waals surface area (Å²) in [5.41, 5.74) is 6.46. The molecular weight excluding hydrogens is 620 g/mol. The smallest absolute Gasteiger partial charge is 0.303 e. The number of carbonyl (C=O) groups excluding carboxylic acids is 1. The highest BCUT2D eigenvalue weighted by Crippen LogP contribution is 2.39. The predicted octanol–water partition coefficient (Wildman–Crippen LogP) is 6.32. The van der Waals surface area contributed by atoms with Crippen LogP contribution in [0.25, 0.3) is 11.1 Å². The van der Waals surface area contributed by atoms with Crippen molar-refractivity contribution in [3.63, 3.8) is 0 Å². The van der Waals surface area contributed by atoms with E-state index in [1.165, 1.54) is 0 Å². The van der Waals surface area contributed by atoms with E-state index in [1.54, 1.807) is 0 Å². The lowest BCUT2D eigenvalue weighted by molar-refractivity contribution is -0.253. The van der Waals surface area contributed by atoms with Gasteiger partial charge in [-0.25, -0.2) is 0 Å². The van der Waals surface area contributed by atoms with Crippen molar-refractivity contribution in [1.29, 1.82) is 0 Å². The van der Waals surface area contributed by atoms with E-state index in [2.05, 4.69) is 16.3 Å². The number of rotatable bonds is 15. The number of carbonyl (C=O) groups is 2. The van der Waals surface area contributed by atoms with Gasteiger partial charge in [-0.2, -0.15) is 0 Å². The zero-order chi connectivity index (χ0) is 34.8. The van der Waals surface area contributed by atoms with Crippen molar-refractivity contribution in [2.45, 2.75) is 76.4 Å². The Morgan fingerprint density at radius 1 is 0.857 bits per heavy atom. The van der Waals surface area contributed by atoms with Gasteiger partial charge in [0.25, 0.3) is 0 Å². The second-order valence-corrected chi connectivity index (χ2v) is 12.7. The van der Waals surface area contributed by atoms with Gasteiger partial charge in [0.2, 0.25) is 5.91 Å². The fraction of sp³-hybridized carbons (Fsp3) is 0.350. The van der Waals surface area contributed by atoms with Crippen molar-refractivity contribution in [1.82, 2.24) is 10.2 Å². The molecule has 4 aromatic rings. The van der Waals surface area contributed by atoms with Crippen molar-refractivity contribution < 1.29 is 34.4 Å². The summed E-state index contributed by atoms with van der Waals surface area (Å²) in [7, 11) is 2.00. The van der Waals surface area contributed by atoms with Crippen LogP contribution in [0.5, 0.6) is 0 Å². The van der Waals surface area contributed by atoms with Gasteiger partial charge in [0.05, 0.1) is 24.9 Å². The van der Waals surface area contributed by atoms with E-state index in [-0.39, 0.29) is 43.6 Å². The number of carboxylic acids is 1. The van der Waals surface area contributed by atoms with E-state index < -0.39 is 18.4 Å². The largest absolute Gasteiger partial charge is 0.481 e. The van der Waals surface area contributed by atoms with E-state index in [1.807, 2.05) is 111 Å². The number of likely N-dealkylation sites (N-methyl/N-ethyl adjacent to an activating group) is 1. The summed E-state index contributed by atoms with van der Waals surface area (Å²) in [5, 5.41) is 32.4. The highest BCUT2D eigenvalue weighted by molar-refractivity contribution is 5.76. The summed E-state index contributed by atoms with van der Waals surface area (Å²) in [4.78, 5) is 25.1. The number of carboxylic acid groups (broad SMARTS) is 1. The van der Waals surface area contributed by atoms with Crippen LogP contribution in [0.2, 0.25) is 0 Å². The van der Waals surface area contributed by atoms with E-state index in [0.717, 1.165) is 38.9 Å². The van der Waals surface area contributed by atoms with Gasteiger partial charge >= 0.3 is 5.97 Å². The van der Waals surface area contributed by atoms with Gasteiger partial charge in [-0.3, -0.25) is 14.5 Å². The lowest BCUT2D eigenvalue weighted by Crippen LogP contribution is -2.43. The van der Waals surface area contributed by atoms with Crippen LogP contribution < -0.4 is 5.32 Å². The number of ether oxygens (including phenoxy) is 2. The zero-order valence-corrected chi connectivity index (χ0v) is 28.1. The third kappa shape index (κ3) is 10.1. The van der Waals surface area contributed by atoms with Gasteiger partial charge in [0, 0.05) is 44.0 Å². The Morgan fingerprint density at radius 3 is 2.29 bits per heavy atom. The molecular formula is C40H46N2O7. The summed E-state index contributed by atoms with van der Waals surface area (Å²) < 4.78 is 13.2. The van der Waals surface area contributed by atoms with Crippen LogP contribution in [0.1, 0.15) is 78.9 Å². The molecule has 1 amide bonds. The van der Waals surface area contributed by atoms with Crippen LogP contribution in [0, 0.1) is 0 Å². The number of hydrogen-bond acceptors (Lipinski definition) is 7. The third-order valence-electron chi connectivity index (χ3n) is 9.10. The normalized spacial score (nSPS) is 18.9. The molecule has 4 N–H and O–H groups in total. The number of benzene rings is 4. The standard InChI is InChI=1S/C40H46N2O7/c1-27(39(47)31-10-4-3-5-11-31)42(2)25-35-23-36(30-19-17-28(26-43)18-20-30)49-40(48-35)34-14-7-13-33(22-34)32-12-6-9-29(21-32)24-41-37(44)15-8-16-38(45)46/h3-7,9-14,17-22,27,35-36,39-40,43,47H,8,15-16,23-26H2,1-2H3,(H,41,44)(H,45,46)/t27-,35+,36-,39-,40-/m0/s1. The third-order valence-corrected chi connectivity index (χ3v) is 9.10. The van der Waals surface area contributed by atoms with Crippen LogP contribution in [0.4, 0.5) is 0 Å². The van der Waals surface area contributed by atoms with Gasteiger partial charge in [-0.15, -0.1) is 0 Å². The number of nitrogens with one attached hydrogen (secondary N) is 1. The molecule has 1 saturated heterocycles. The van der Waals surface area contributed by atoms with Crippen molar-refractivity contribution in [2.75, 3.05) is 13.6 Å². The van der Waals surface area contributed by atoms with Gasteiger partial charge in [-0.05, 0) is 65.9 Å². The number of aliphatic carboxylic acids is 1. The molecule has 5 atom stereocenters. The molecule has 0 saturated carbocycles. The number of nitrogens with zero attached hydrogens (tertiary/aromatic N) is 1. The molecule has 1 aliphatic rings. The average molecular weight is 667 g/mol. The maximum absolute atomic E-state index is 12.2. The molecule has 0 bridgehead atoms. The topological polar surface area (TPSA) is 129 Å². The molecule has 1 aliphatic heterocycles. The number of aliphatic hydroxyl groups excluding tert-OH is 2. The second kappa shape index (κ2) is 17.3. The summed E-state index contributed by atoms with van der Waals surface area (Å²) in [6.45, 7) is 2.92. The molecule has 0 radical (unpaired) electrons. The molecule has 1 heterocycles. The first kappa shape index (κ1) is 35.9. The Bertz CT molecular complexity index is 1660. The minimum atomic E-state index is -0.907. The van der Waals surface area contributed by atoms with Gasteiger partial charge in [-0.1, -0.05) is 91.0 Å². The molecule has 9 heteroatoms. The summed E-state index contributed by atoms with van der Waals surface area (Å²) in [6, 6.07) is 33.3. The predicted molar refractivity (Wildman–Crippen MR) is 187 cm³/mol. The molecule has 258 valence electrons. The van der Waals surface area contributed by atoms with Crippen molar-refractivity contribution in [3.05, 3.63) is 131 Å². The van der Waals surface area contributed by atoms with E-state index >= 15 is 0 Å². The Kier molecular flexibility index (Phi) is 12.7. The lowest BCUT2D eigenvalue weighted by atomic mass is 9.97. The Morgan fingerprint density at radius 2 is 1.57 bits per heavy atom. The molecule has 0 aliphatic carbocycles. The summed E-state index contributed by atoms with van der Waals surface area (Å²) >= 11 is 0. The maximum Gasteiger partial charge on any atom is 0.303 e. The first-order valence-corrected chi connectivity index (χ1v) is 16.8. The van der Waals surface area contributed by atoms with Gasteiger partial charge < -0.3 is 30.1 Å². The highest BCUT2D eigenvalue weighted by atomic mass is 16.7. The van der Waals surface area contributed by atoms with Crippen LogP contribution in [-0.2, 0) is 32.2 Å². The monoisotopic (exact) mass is 666 g/mol. The first-order chi connectivity index (χ1) is 23.7. The molecule has 0 aromatic heterocycles. The first-order valence-electron chi connectivity index (χ1n) is 16.8. The quantitative estimate of drug-likeness (QED) is 0.116. The molecule has 5 rings (SSSR count). The van der Waals surface area contributed by atoms with Crippen LogP contribution in [0.3, 0.4) is 0 Å². The van der Waals surface area contributed by atoms with Crippen molar-refractivity contribution in [2.24, 2.45) is 0 Å². The minimum Gasteiger partial charge on any atom is -0.481 e. The van der Waals surface area contributed by atoms with Crippen molar-refractivity contribution >= 4 is 11.9 Å². The summed E-state index contributed by atoms with van der Waals surface area (Å²) in [6.07, 6.45) is -0.660. The average Bonchev–Trinajstić information content (AvgIpc) is 3.13. The Labute approximate surface area is 288 Å². The highest BCUT2D eigenvalue weighted by Gasteiger charge is 2.34. The van der Waals surface area contributed by atoms with Gasteiger partial charge in [0.15, 0.2) is 6.29 Å².